The smallest absolute Gasteiger partial charge is 0.227 e. The van der Waals surface area contributed by atoms with E-state index < -0.39 is 0 Å². The summed E-state index contributed by atoms with van der Waals surface area (Å²) in [4.78, 5) is 22.5. The van der Waals surface area contributed by atoms with E-state index >= 15 is 0 Å². The molecule has 2 aromatic heterocycles. The summed E-state index contributed by atoms with van der Waals surface area (Å²) in [6.07, 6.45) is 3.55. The van der Waals surface area contributed by atoms with Gasteiger partial charge in [0.1, 0.15) is 11.6 Å². The number of benzene rings is 1. The number of anilines is 4. The maximum Gasteiger partial charge on any atom is 0.227 e. The fraction of sp³-hybridized carbons (Fsp3) is 0.333. The second-order valence-electron chi connectivity index (χ2n) is 7.05. The third-order valence-electron chi connectivity index (χ3n) is 4.86. The fourth-order valence-electron chi connectivity index (χ4n) is 3.38. The fourth-order valence-corrected chi connectivity index (χ4v) is 3.38. The van der Waals surface area contributed by atoms with Crippen LogP contribution in [-0.2, 0) is 0 Å². The molecule has 1 aliphatic heterocycles. The first kappa shape index (κ1) is 18.9. The number of ether oxygens (including phenoxy) is 1. The van der Waals surface area contributed by atoms with Crippen molar-refractivity contribution in [2.75, 3.05) is 48.4 Å². The van der Waals surface area contributed by atoms with Gasteiger partial charge >= 0.3 is 0 Å². The van der Waals surface area contributed by atoms with Crippen LogP contribution in [0.5, 0.6) is 5.75 Å². The Morgan fingerprint density at radius 1 is 0.897 bits per heavy atom. The average molecular weight is 391 g/mol. The van der Waals surface area contributed by atoms with Crippen LogP contribution in [0.2, 0.25) is 0 Å². The first-order valence-electron chi connectivity index (χ1n) is 9.66. The van der Waals surface area contributed by atoms with E-state index in [-0.39, 0.29) is 0 Å². The lowest BCUT2D eigenvalue weighted by Gasteiger charge is -2.34. The van der Waals surface area contributed by atoms with Gasteiger partial charge in [-0.25, -0.2) is 15.0 Å². The van der Waals surface area contributed by atoms with Crippen molar-refractivity contribution in [1.29, 1.82) is 0 Å². The van der Waals surface area contributed by atoms with Crippen LogP contribution in [0, 0.1) is 13.8 Å². The number of nitrogens with zero attached hydrogens (tertiary/aromatic N) is 6. The number of aryl methyl sites for hydroxylation is 2. The van der Waals surface area contributed by atoms with Crippen LogP contribution in [0.3, 0.4) is 0 Å². The van der Waals surface area contributed by atoms with Crippen LogP contribution >= 0.6 is 0 Å². The Morgan fingerprint density at radius 2 is 1.59 bits per heavy atom. The highest BCUT2D eigenvalue weighted by Gasteiger charge is 2.21. The van der Waals surface area contributed by atoms with E-state index in [9.17, 15) is 0 Å². The minimum Gasteiger partial charge on any atom is -0.495 e. The SMILES string of the molecule is COc1ccc(C)cc1Nc1cc(C)nc(N2CCN(c3ncccn3)CC2)n1. The van der Waals surface area contributed by atoms with Crippen LogP contribution in [0.1, 0.15) is 11.3 Å². The summed E-state index contributed by atoms with van der Waals surface area (Å²) in [5, 5.41) is 3.39. The lowest BCUT2D eigenvalue weighted by atomic mass is 10.2. The van der Waals surface area contributed by atoms with E-state index in [0.717, 1.165) is 66.6 Å². The lowest BCUT2D eigenvalue weighted by molar-refractivity contribution is 0.416. The predicted molar refractivity (Wildman–Crippen MR) is 114 cm³/mol. The molecule has 0 atom stereocenters. The first-order valence-corrected chi connectivity index (χ1v) is 9.66. The van der Waals surface area contributed by atoms with Gasteiger partial charge in [0.25, 0.3) is 0 Å². The molecule has 0 bridgehead atoms. The molecule has 1 aliphatic rings. The van der Waals surface area contributed by atoms with Crippen molar-refractivity contribution in [3.05, 3.63) is 54.0 Å². The van der Waals surface area contributed by atoms with Gasteiger partial charge in [0, 0.05) is 50.3 Å². The van der Waals surface area contributed by atoms with Crippen molar-refractivity contribution < 1.29 is 4.74 Å². The molecule has 3 heterocycles. The molecule has 29 heavy (non-hydrogen) atoms. The zero-order valence-electron chi connectivity index (χ0n) is 17.0. The molecule has 8 nitrogen and oxygen atoms in total. The molecule has 1 N–H and O–H groups in total. The zero-order valence-corrected chi connectivity index (χ0v) is 17.0. The number of hydrogen-bond acceptors (Lipinski definition) is 8. The Morgan fingerprint density at radius 3 is 2.28 bits per heavy atom. The Bertz CT molecular complexity index is 972. The summed E-state index contributed by atoms with van der Waals surface area (Å²) in [7, 11) is 1.67. The van der Waals surface area contributed by atoms with Gasteiger partial charge in [-0.05, 0) is 37.6 Å². The second-order valence-corrected chi connectivity index (χ2v) is 7.05. The number of hydrogen-bond donors (Lipinski definition) is 1. The number of piperazine rings is 1. The summed E-state index contributed by atoms with van der Waals surface area (Å²) < 4.78 is 5.47. The van der Waals surface area contributed by atoms with Gasteiger partial charge in [-0.3, -0.25) is 0 Å². The number of nitrogens with one attached hydrogen (secondary N) is 1. The Hall–Kier alpha value is -3.42. The Kier molecular flexibility index (Phi) is 5.41. The third-order valence-corrected chi connectivity index (χ3v) is 4.86. The van der Waals surface area contributed by atoms with Crippen molar-refractivity contribution in [2.24, 2.45) is 0 Å². The monoisotopic (exact) mass is 391 g/mol. The second kappa shape index (κ2) is 8.30. The molecule has 1 fully saturated rings. The minimum atomic E-state index is 0.729. The van der Waals surface area contributed by atoms with Crippen LogP contribution in [0.25, 0.3) is 0 Å². The van der Waals surface area contributed by atoms with Crippen molar-refractivity contribution in [2.45, 2.75) is 13.8 Å². The molecule has 8 heteroatoms. The molecular weight excluding hydrogens is 366 g/mol. The highest BCUT2D eigenvalue weighted by Crippen LogP contribution is 2.29. The van der Waals surface area contributed by atoms with Gasteiger partial charge in [-0.2, -0.15) is 4.98 Å². The summed E-state index contributed by atoms with van der Waals surface area (Å²) >= 11 is 0. The van der Waals surface area contributed by atoms with Crippen LogP contribution in [-0.4, -0.2) is 53.2 Å². The third kappa shape index (κ3) is 4.37. The number of rotatable bonds is 5. The summed E-state index contributed by atoms with van der Waals surface area (Å²) in [6.45, 7) is 7.32. The normalized spacial score (nSPS) is 14.0. The summed E-state index contributed by atoms with van der Waals surface area (Å²) in [5.41, 5.74) is 2.96. The topological polar surface area (TPSA) is 79.3 Å². The van der Waals surface area contributed by atoms with Crippen molar-refractivity contribution in [3.63, 3.8) is 0 Å². The standard InChI is InChI=1S/C21H25N7O/c1-15-5-6-18(29-3)17(13-15)25-19-14-16(2)24-21(26-19)28-11-9-27(10-12-28)20-22-7-4-8-23-20/h4-8,13-14H,9-12H2,1-3H3,(H,24,25,26). The van der Waals surface area contributed by atoms with Gasteiger partial charge in [0.05, 0.1) is 12.8 Å². The maximum absolute atomic E-state index is 5.47. The van der Waals surface area contributed by atoms with E-state index in [2.05, 4.69) is 43.1 Å². The molecule has 150 valence electrons. The molecule has 0 amide bonds. The van der Waals surface area contributed by atoms with Crippen LogP contribution in [0.15, 0.2) is 42.7 Å². The van der Waals surface area contributed by atoms with Crippen molar-refractivity contribution >= 4 is 23.4 Å². The molecule has 0 unspecified atom stereocenters. The maximum atomic E-state index is 5.47. The van der Waals surface area contributed by atoms with Crippen molar-refractivity contribution in [3.8, 4) is 5.75 Å². The van der Waals surface area contributed by atoms with Gasteiger partial charge < -0.3 is 19.9 Å². The van der Waals surface area contributed by atoms with Gasteiger partial charge in [-0.1, -0.05) is 6.07 Å². The highest BCUT2D eigenvalue weighted by atomic mass is 16.5. The van der Waals surface area contributed by atoms with Crippen LogP contribution < -0.4 is 19.9 Å². The molecule has 1 saturated heterocycles. The predicted octanol–water partition coefficient (Wildman–Crippen LogP) is 2.96. The number of methoxy groups -OCH3 is 1. The molecule has 0 aliphatic carbocycles. The summed E-state index contributed by atoms with van der Waals surface area (Å²) in [6, 6.07) is 9.81. The van der Waals surface area contributed by atoms with Gasteiger partial charge in [0.15, 0.2) is 0 Å². The largest absolute Gasteiger partial charge is 0.495 e. The quantitative estimate of drug-likeness (QED) is 0.711. The Labute approximate surface area is 170 Å². The zero-order chi connectivity index (χ0) is 20.2. The molecule has 0 saturated carbocycles. The van der Waals surface area contributed by atoms with E-state index in [1.54, 1.807) is 19.5 Å². The number of aromatic nitrogens is 4. The van der Waals surface area contributed by atoms with Crippen LogP contribution in [0.4, 0.5) is 23.4 Å². The summed E-state index contributed by atoms with van der Waals surface area (Å²) in [5.74, 6) is 3.04. The van der Waals surface area contributed by atoms with E-state index in [1.807, 2.05) is 31.2 Å². The molecule has 0 spiro atoms. The first-order chi connectivity index (χ1) is 14.1. The van der Waals surface area contributed by atoms with E-state index in [1.165, 1.54) is 0 Å². The Balaban J connectivity index is 1.50. The highest BCUT2D eigenvalue weighted by molar-refractivity contribution is 5.66. The molecule has 4 rings (SSSR count). The molecular formula is C21H25N7O. The molecule has 3 aromatic rings. The molecule has 1 aromatic carbocycles. The van der Waals surface area contributed by atoms with Gasteiger partial charge in [0.2, 0.25) is 11.9 Å². The van der Waals surface area contributed by atoms with E-state index in [4.69, 9.17) is 9.72 Å². The minimum absolute atomic E-state index is 0.729. The average Bonchev–Trinajstić information content (AvgIpc) is 2.74. The van der Waals surface area contributed by atoms with E-state index in [0.29, 0.717) is 0 Å². The van der Waals surface area contributed by atoms with Crippen molar-refractivity contribution in [1.82, 2.24) is 19.9 Å². The van der Waals surface area contributed by atoms with Gasteiger partial charge in [-0.15, -0.1) is 0 Å². The molecule has 0 radical (unpaired) electrons. The lowest BCUT2D eigenvalue weighted by Crippen LogP contribution is -2.47.